The van der Waals surface area contributed by atoms with Crippen molar-refractivity contribution in [1.82, 2.24) is 9.13 Å². The lowest BCUT2D eigenvalue weighted by Gasteiger charge is -2.13. The molecule has 10 heteroatoms. The van der Waals surface area contributed by atoms with Gasteiger partial charge in [-0.1, -0.05) is 6.92 Å². The maximum atomic E-state index is 12.5. The number of nitrogens with zero attached hydrogens (tertiary/aromatic N) is 2. The smallest absolute Gasteiger partial charge is 0.332 e. The number of ketones is 1. The lowest BCUT2D eigenvalue weighted by atomic mass is 10.2. The number of aromatic nitrogens is 2. The minimum Gasteiger partial charge on any atom is -0.497 e. The third-order valence-electron chi connectivity index (χ3n) is 4.53. The molecule has 0 radical (unpaired) electrons. The summed E-state index contributed by atoms with van der Waals surface area (Å²) in [5, 5.41) is 0. The third kappa shape index (κ3) is 5.97. The number of ether oxygens (including phenoxy) is 3. The van der Waals surface area contributed by atoms with Crippen LogP contribution in [0.15, 0.2) is 33.9 Å². The Kier molecular flexibility index (Phi) is 8.42. The van der Waals surface area contributed by atoms with Gasteiger partial charge in [0.25, 0.3) is 5.56 Å². The molecule has 0 fully saturated rings. The second kappa shape index (κ2) is 11.0. The summed E-state index contributed by atoms with van der Waals surface area (Å²) < 4.78 is 17.5. The van der Waals surface area contributed by atoms with Gasteiger partial charge < -0.3 is 19.9 Å². The Morgan fingerprint density at radius 2 is 1.74 bits per heavy atom. The van der Waals surface area contributed by atoms with Crippen LogP contribution in [0.25, 0.3) is 0 Å². The summed E-state index contributed by atoms with van der Waals surface area (Å²) in [6.07, 6.45) is 1.00. The summed E-state index contributed by atoms with van der Waals surface area (Å²) in [5.74, 6) is -0.238. The van der Waals surface area contributed by atoms with Crippen molar-refractivity contribution in [2.75, 3.05) is 26.1 Å². The van der Waals surface area contributed by atoms with Crippen LogP contribution in [0.2, 0.25) is 0 Å². The van der Waals surface area contributed by atoms with E-state index in [4.69, 9.17) is 19.9 Å². The molecule has 0 saturated heterocycles. The molecule has 0 bridgehead atoms. The van der Waals surface area contributed by atoms with E-state index in [0.717, 1.165) is 9.13 Å². The molecule has 1 heterocycles. The average Bonchev–Trinajstić information content (AvgIpc) is 2.77. The Hall–Kier alpha value is -3.56. The van der Waals surface area contributed by atoms with E-state index >= 15 is 0 Å². The van der Waals surface area contributed by atoms with E-state index in [1.165, 1.54) is 7.05 Å². The maximum Gasteiger partial charge on any atom is 0.332 e. The van der Waals surface area contributed by atoms with Gasteiger partial charge in [-0.3, -0.25) is 23.5 Å². The predicted molar refractivity (Wildman–Crippen MR) is 114 cm³/mol. The number of hydrogen-bond acceptors (Lipinski definition) is 8. The molecule has 0 aliphatic heterocycles. The number of Topliss-reactive ketones (excluding diaryl/α,β-unsaturated/α-hetero) is 1. The fourth-order valence-electron chi connectivity index (χ4n) is 2.85. The number of methoxy groups -OCH3 is 1. The third-order valence-corrected chi connectivity index (χ3v) is 4.53. The zero-order valence-electron chi connectivity index (χ0n) is 17.9. The Morgan fingerprint density at radius 3 is 2.35 bits per heavy atom. The SMILES string of the molecule is CCCn1c(N)c(C(=O)COC(=O)CCCOc2ccc(OC)cc2)c(=O)n(C)c1=O. The largest absolute Gasteiger partial charge is 0.497 e. The van der Waals surface area contributed by atoms with Crippen LogP contribution in [0.5, 0.6) is 11.5 Å². The number of nitrogen functional groups attached to an aromatic ring is 1. The molecule has 1 aromatic heterocycles. The van der Waals surface area contributed by atoms with Gasteiger partial charge in [-0.15, -0.1) is 0 Å². The van der Waals surface area contributed by atoms with Crippen LogP contribution in [0, 0.1) is 0 Å². The number of nitrogens with two attached hydrogens (primary N) is 1. The molecule has 168 valence electrons. The molecule has 10 nitrogen and oxygen atoms in total. The van der Waals surface area contributed by atoms with E-state index in [2.05, 4.69) is 0 Å². The van der Waals surface area contributed by atoms with Gasteiger partial charge in [-0.2, -0.15) is 0 Å². The molecule has 0 unspecified atom stereocenters. The fourth-order valence-corrected chi connectivity index (χ4v) is 2.85. The van der Waals surface area contributed by atoms with Gasteiger partial charge in [0.1, 0.15) is 22.9 Å². The van der Waals surface area contributed by atoms with E-state index in [-0.39, 0.29) is 31.0 Å². The number of rotatable bonds is 11. The van der Waals surface area contributed by atoms with Gasteiger partial charge in [0, 0.05) is 20.0 Å². The van der Waals surface area contributed by atoms with Crippen molar-refractivity contribution >= 4 is 17.6 Å². The van der Waals surface area contributed by atoms with Crippen LogP contribution in [-0.2, 0) is 23.1 Å². The molecular formula is C21H27N3O7. The first kappa shape index (κ1) is 23.7. The van der Waals surface area contributed by atoms with Gasteiger partial charge in [0.2, 0.25) is 5.78 Å². The summed E-state index contributed by atoms with van der Waals surface area (Å²) >= 11 is 0. The van der Waals surface area contributed by atoms with Crippen LogP contribution < -0.4 is 26.5 Å². The summed E-state index contributed by atoms with van der Waals surface area (Å²) in [5.41, 5.74) is 4.11. The molecule has 0 saturated carbocycles. The van der Waals surface area contributed by atoms with Crippen LogP contribution in [-0.4, -0.2) is 41.2 Å². The van der Waals surface area contributed by atoms with E-state index in [1.807, 2.05) is 6.92 Å². The number of carbonyl (C=O) groups excluding carboxylic acids is 2. The van der Waals surface area contributed by atoms with Crippen LogP contribution in [0.1, 0.15) is 36.5 Å². The molecule has 0 aliphatic rings. The molecule has 31 heavy (non-hydrogen) atoms. The second-order valence-corrected chi connectivity index (χ2v) is 6.77. The highest BCUT2D eigenvalue weighted by Gasteiger charge is 2.22. The van der Waals surface area contributed by atoms with E-state index in [1.54, 1.807) is 31.4 Å². The highest BCUT2D eigenvalue weighted by Crippen LogP contribution is 2.17. The normalized spacial score (nSPS) is 10.5. The molecule has 0 atom stereocenters. The Morgan fingerprint density at radius 1 is 1.10 bits per heavy atom. The summed E-state index contributed by atoms with van der Waals surface area (Å²) in [6.45, 7) is 1.73. The minimum absolute atomic E-state index is 0.0340. The Labute approximate surface area is 179 Å². The minimum atomic E-state index is -0.816. The molecule has 2 N–H and O–H groups in total. The maximum absolute atomic E-state index is 12.5. The van der Waals surface area contributed by atoms with Crippen LogP contribution >= 0.6 is 0 Å². The molecule has 0 amide bonds. The molecule has 2 rings (SSSR count). The summed E-state index contributed by atoms with van der Waals surface area (Å²) in [6, 6.07) is 7.01. The van der Waals surface area contributed by atoms with Crippen molar-refractivity contribution in [2.24, 2.45) is 7.05 Å². The topological polar surface area (TPSA) is 132 Å². The standard InChI is InChI=1S/C21H27N3O7/c1-4-11-24-19(22)18(20(27)23(2)21(24)28)16(25)13-31-17(26)6-5-12-30-15-9-7-14(29-3)8-10-15/h7-10H,4-6,11-13,22H2,1-3H3. The van der Waals surface area contributed by atoms with E-state index in [0.29, 0.717) is 24.3 Å². The predicted octanol–water partition coefficient (Wildman–Crippen LogP) is 1.13. The van der Waals surface area contributed by atoms with Gasteiger partial charge >= 0.3 is 11.7 Å². The van der Waals surface area contributed by atoms with Crippen molar-refractivity contribution in [2.45, 2.75) is 32.7 Å². The number of esters is 1. The number of hydrogen-bond donors (Lipinski definition) is 1. The fraction of sp³-hybridized carbons (Fsp3) is 0.429. The zero-order valence-corrected chi connectivity index (χ0v) is 17.9. The first-order valence-corrected chi connectivity index (χ1v) is 9.85. The van der Waals surface area contributed by atoms with Crippen molar-refractivity contribution in [3.63, 3.8) is 0 Å². The van der Waals surface area contributed by atoms with Crippen LogP contribution in [0.4, 0.5) is 5.82 Å². The lowest BCUT2D eigenvalue weighted by Crippen LogP contribution is -2.43. The van der Waals surface area contributed by atoms with Crippen molar-refractivity contribution in [1.29, 1.82) is 0 Å². The number of benzene rings is 1. The highest BCUT2D eigenvalue weighted by molar-refractivity contribution is 6.01. The van der Waals surface area contributed by atoms with Crippen molar-refractivity contribution in [3.8, 4) is 11.5 Å². The first-order chi connectivity index (χ1) is 14.8. The molecule has 0 aliphatic carbocycles. The van der Waals surface area contributed by atoms with Crippen molar-refractivity contribution in [3.05, 3.63) is 50.7 Å². The van der Waals surface area contributed by atoms with Gasteiger partial charge in [0.05, 0.1) is 13.7 Å². The van der Waals surface area contributed by atoms with Crippen molar-refractivity contribution < 1.29 is 23.8 Å². The molecular weight excluding hydrogens is 406 g/mol. The van der Waals surface area contributed by atoms with Gasteiger partial charge in [-0.05, 0) is 37.1 Å². The van der Waals surface area contributed by atoms with E-state index in [9.17, 15) is 19.2 Å². The Bertz CT molecular complexity index is 1040. The quantitative estimate of drug-likeness (QED) is 0.317. The van der Waals surface area contributed by atoms with Crippen LogP contribution in [0.3, 0.4) is 0 Å². The Balaban J connectivity index is 1.88. The molecule has 0 spiro atoms. The van der Waals surface area contributed by atoms with E-state index < -0.39 is 29.6 Å². The lowest BCUT2D eigenvalue weighted by molar-refractivity contribution is -0.142. The zero-order chi connectivity index (χ0) is 23.0. The average molecular weight is 433 g/mol. The van der Waals surface area contributed by atoms with Gasteiger partial charge in [0.15, 0.2) is 6.61 Å². The molecule has 1 aromatic carbocycles. The summed E-state index contributed by atoms with van der Waals surface area (Å²) in [4.78, 5) is 48.9. The summed E-state index contributed by atoms with van der Waals surface area (Å²) in [7, 11) is 2.84. The second-order valence-electron chi connectivity index (χ2n) is 6.77. The monoisotopic (exact) mass is 433 g/mol. The number of carbonyl (C=O) groups is 2. The highest BCUT2D eigenvalue weighted by atomic mass is 16.5. The molecule has 2 aromatic rings. The number of anilines is 1. The van der Waals surface area contributed by atoms with Gasteiger partial charge in [-0.25, -0.2) is 4.79 Å². The first-order valence-electron chi connectivity index (χ1n) is 9.85.